The molecular formula is C30H45NO7. The Balaban J connectivity index is 0.000000329. The second-order valence-electron chi connectivity index (χ2n) is 9.83. The van der Waals surface area contributed by atoms with Crippen LogP contribution in [0.5, 0.6) is 5.75 Å². The number of aryl methyl sites for hydroxylation is 1. The van der Waals surface area contributed by atoms with Gasteiger partial charge in [-0.2, -0.15) is 0 Å². The maximum atomic E-state index is 10.7. The molecule has 2 atom stereocenters. The Hall–Kier alpha value is -2.91. The van der Waals surface area contributed by atoms with Crippen LogP contribution in [0.15, 0.2) is 48.7 Å². The average molecular weight is 532 g/mol. The van der Waals surface area contributed by atoms with Crippen molar-refractivity contribution in [2.45, 2.75) is 65.2 Å². The second-order valence-corrected chi connectivity index (χ2v) is 9.83. The standard InChI is InChI=1S/C17H26O3.C8H7N.C5H12O4/c1-5-11(3)14-9-13(7-8-16(18)19)10-15(17(14)20)12(4)6-2;1-2-4-8-7(3-1)5-6-9-8;6-1-5(2-7,3-8)4-9/h9-12,20H,5-8H2,1-4H3,(H,18,19);1-6,9H;6-9H,1-4H2. The summed E-state index contributed by atoms with van der Waals surface area (Å²) >= 11 is 0. The first kappa shape index (κ1) is 33.1. The topological polar surface area (TPSA) is 154 Å². The van der Waals surface area contributed by atoms with Gasteiger partial charge in [-0.15, -0.1) is 0 Å². The van der Waals surface area contributed by atoms with Gasteiger partial charge in [-0.3, -0.25) is 4.79 Å². The van der Waals surface area contributed by atoms with Crippen LogP contribution >= 0.6 is 0 Å². The number of phenols is 1. The number of aromatic nitrogens is 1. The molecular weight excluding hydrogens is 486 g/mol. The smallest absolute Gasteiger partial charge is 0.303 e. The lowest BCUT2D eigenvalue weighted by Crippen LogP contribution is -2.37. The van der Waals surface area contributed by atoms with E-state index in [9.17, 15) is 9.90 Å². The first-order chi connectivity index (χ1) is 18.1. The number of H-pyrrole nitrogens is 1. The highest BCUT2D eigenvalue weighted by atomic mass is 16.4. The van der Waals surface area contributed by atoms with Crippen molar-refractivity contribution >= 4 is 16.9 Å². The van der Waals surface area contributed by atoms with Crippen LogP contribution in [0.25, 0.3) is 10.9 Å². The summed E-state index contributed by atoms with van der Waals surface area (Å²) in [5.74, 6) is 0.172. The minimum Gasteiger partial charge on any atom is -0.507 e. The number of rotatable bonds is 11. The van der Waals surface area contributed by atoms with E-state index in [0.717, 1.165) is 29.5 Å². The Morgan fingerprint density at radius 3 is 1.76 bits per heavy atom. The van der Waals surface area contributed by atoms with E-state index in [1.807, 2.05) is 30.5 Å². The Morgan fingerprint density at radius 1 is 0.868 bits per heavy atom. The number of carboxylic acid groups (broad SMARTS) is 1. The van der Waals surface area contributed by atoms with E-state index >= 15 is 0 Å². The molecule has 0 aliphatic heterocycles. The molecule has 2 unspecified atom stereocenters. The molecule has 0 aliphatic rings. The van der Waals surface area contributed by atoms with Crippen molar-refractivity contribution in [1.29, 1.82) is 0 Å². The van der Waals surface area contributed by atoms with E-state index in [0.29, 0.717) is 12.2 Å². The molecule has 8 nitrogen and oxygen atoms in total. The third-order valence-corrected chi connectivity index (χ3v) is 6.95. The summed E-state index contributed by atoms with van der Waals surface area (Å²) in [4.78, 5) is 13.9. The molecule has 0 saturated carbocycles. The number of aromatic amines is 1. The number of carboxylic acids is 1. The third-order valence-electron chi connectivity index (χ3n) is 6.95. The molecule has 1 aromatic heterocycles. The summed E-state index contributed by atoms with van der Waals surface area (Å²) in [6.07, 6.45) is 4.50. The Bertz CT molecular complexity index is 1010. The molecule has 0 radical (unpaired) electrons. The number of aliphatic hydroxyl groups excluding tert-OH is 4. The van der Waals surface area contributed by atoms with Crippen LogP contribution in [0.1, 0.15) is 75.5 Å². The zero-order chi connectivity index (χ0) is 28.7. The molecule has 0 bridgehead atoms. The van der Waals surface area contributed by atoms with Crippen molar-refractivity contribution in [1.82, 2.24) is 4.98 Å². The van der Waals surface area contributed by atoms with Gasteiger partial charge < -0.3 is 35.6 Å². The molecule has 0 aliphatic carbocycles. The molecule has 8 heteroatoms. The molecule has 0 amide bonds. The van der Waals surface area contributed by atoms with Gasteiger partial charge in [-0.1, -0.05) is 58.0 Å². The molecule has 1 heterocycles. The zero-order valence-electron chi connectivity index (χ0n) is 23.0. The minimum atomic E-state index is -1.11. The van der Waals surface area contributed by atoms with Crippen LogP contribution in [-0.4, -0.2) is 68.0 Å². The van der Waals surface area contributed by atoms with E-state index < -0.39 is 37.8 Å². The summed E-state index contributed by atoms with van der Waals surface area (Å²) in [6.45, 7) is 6.75. The van der Waals surface area contributed by atoms with Gasteiger partial charge in [-0.25, -0.2) is 0 Å². The molecule has 0 spiro atoms. The molecule has 212 valence electrons. The van der Waals surface area contributed by atoms with Crippen molar-refractivity contribution < 1.29 is 35.4 Å². The van der Waals surface area contributed by atoms with Gasteiger partial charge in [-0.05, 0) is 65.3 Å². The molecule has 0 saturated heterocycles. The number of nitrogens with one attached hydrogen (secondary N) is 1. The summed E-state index contributed by atoms with van der Waals surface area (Å²) in [6, 6.07) is 14.2. The van der Waals surface area contributed by atoms with Gasteiger partial charge in [0, 0.05) is 18.1 Å². The van der Waals surface area contributed by atoms with Crippen molar-refractivity contribution in [3.05, 3.63) is 65.4 Å². The normalized spacial score (nSPS) is 12.6. The Kier molecular flexibility index (Phi) is 14.7. The van der Waals surface area contributed by atoms with E-state index in [-0.39, 0.29) is 18.3 Å². The molecule has 38 heavy (non-hydrogen) atoms. The van der Waals surface area contributed by atoms with E-state index in [1.54, 1.807) is 0 Å². The van der Waals surface area contributed by atoms with E-state index in [2.05, 4.69) is 50.9 Å². The fourth-order valence-electron chi connectivity index (χ4n) is 3.63. The number of fused-ring (bicyclic) bond motifs is 1. The zero-order valence-corrected chi connectivity index (χ0v) is 23.0. The number of aliphatic hydroxyl groups is 4. The fraction of sp³-hybridized carbons (Fsp3) is 0.500. The lowest BCUT2D eigenvalue weighted by molar-refractivity contribution is -0.136. The van der Waals surface area contributed by atoms with Crippen LogP contribution < -0.4 is 0 Å². The van der Waals surface area contributed by atoms with Gasteiger partial charge in [0.25, 0.3) is 0 Å². The van der Waals surface area contributed by atoms with Gasteiger partial charge in [0.2, 0.25) is 0 Å². The molecule has 3 rings (SSSR count). The minimum absolute atomic E-state index is 0.130. The van der Waals surface area contributed by atoms with Crippen LogP contribution in [0, 0.1) is 5.41 Å². The van der Waals surface area contributed by atoms with Gasteiger partial charge in [0.1, 0.15) is 5.75 Å². The van der Waals surface area contributed by atoms with Crippen LogP contribution in [0.2, 0.25) is 0 Å². The first-order valence-electron chi connectivity index (χ1n) is 13.1. The number of para-hydroxylation sites is 1. The van der Waals surface area contributed by atoms with Crippen LogP contribution in [-0.2, 0) is 11.2 Å². The number of hydrogen-bond donors (Lipinski definition) is 7. The highest BCUT2D eigenvalue weighted by Crippen LogP contribution is 2.37. The third kappa shape index (κ3) is 9.76. The van der Waals surface area contributed by atoms with Crippen molar-refractivity contribution in [3.8, 4) is 5.75 Å². The second kappa shape index (κ2) is 16.8. The predicted molar refractivity (Wildman–Crippen MR) is 151 cm³/mol. The van der Waals surface area contributed by atoms with E-state index in [1.165, 1.54) is 10.9 Å². The fourth-order valence-corrected chi connectivity index (χ4v) is 3.63. The molecule has 7 N–H and O–H groups in total. The number of aliphatic carboxylic acids is 1. The number of phenolic OH excluding ortho intramolecular Hbond substituents is 1. The highest BCUT2D eigenvalue weighted by molar-refractivity contribution is 5.78. The molecule has 0 fully saturated rings. The SMILES string of the molecule is CCC(C)c1cc(CCC(=O)O)cc(C(C)CC)c1O.OCC(CO)(CO)CO.c1ccc2[nH]ccc2c1. The number of aromatic hydroxyl groups is 1. The summed E-state index contributed by atoms with van der Waals surface area (Å²) in [5, 5.41) is 54.6. The van der Waals surface area contributed by atoms with Crippen molar-refractivity contribution in [3.63, 3.8) is 0 Å². The number of carbonyl (C=O) groups is 1. The van der Waals surface area contributed by atoms with Gasteiger partial charge in [0.15, 0.2) is 0 Å². The summed E-state index contributed by atoms with van der Waals surface area (Å²) < 4.78 is 0. The quantitative estimate of drug-likeness (QED) is 0.192. The first-order valence-corrected chi connectivity index (χ1v) is 13.1. The van der Waals surface area contributed by atoms with Crippen LogP contribution in [0.4, 0.5) is 0 Å². The van der Waals surface area contributed by atoms with Gasteiger partial charge in [0.05, 0.1) is 31.8 Å². The van der Waals surface area contributed by atoms with Crippen LogP contribution in [0.3, 0.4) is 0 Å². The highest BCUT2D eigenvalue weighted by Gasteiger charge is 2.26. The van der Waals surface area contributed by atoms with Crippen molar-refractivity contribution in [2.24, 2.45) is 5.41 Å². The predicted octanol–water partition coefficient (Wildman–Crippen LogP) is 4.55. The Labute approximate surface area is 225 Å². The number of benzene rings is 2. The summed E-state index contributed by atoms with van der Waals surface area (Å²) in [7, 11) is 0. The van der Waals surface area contributed by atoms with Crippen molar-refractivity contribution in [2.75, 3.05) is 26.4 Å². The Morgan fingerprint density at radius 2 is 1.37 bits per heavy atom. The maximum Gasteiger partial charge on any atom is 0.303 e. The monoisotopic (exact) mass is 531 g/mol. The lowest BCUT2D eigenvalue weighted by atomic mass is 9.87. The average Bonchev–Trinajstić information content (AvgIpc) is 3.43. The maximum absolute atomic E-state index is 10.7. The lowest BCUT2D eigenvalue weighted by Gasteiger charge is -2.23. The number of hydrogen-bond acceptors (Lipinski definition) is 6. The van der Waals surface area contributed by atoms with Gasteiger partial charge >= 0.3 is 5.97 Å². The largest absolute Gasteiger partial charge is 0.507 e. The summed E-state index contributed by atoms with van der Waals surface area (Å²) in [5.41, 5.74) is 3.00. The molecule has 2 aromatic carbocycles. The van der Waals surface area contributed by atoms with E-state index in [4.69, 9.17) is 25.5 Å². The molecule has 3 aromatic rings.